The average Bonchev–Trinajstić information content (AvgIpc) is 2.83. The molecule has 3 aromatic rings. The zero-order valence-corrected chi connectivity index (χ0v) is 10.6. The van der Waals surface area contributed by atoms with Gasteiger partial charge in [0.15, 0.2) is 0 Å². The largest absolute Gasteiger partial charge is 0.268 e. The molecule has 0 saturated carbocycles. The highest BCUT2D eigenvalue weighted by Gasteiger charge is 2.18. The molecule has 3 nitrogen and oxygen atoms in total. The molecule has 0 aliphatic rings. The highest BCUT2D eigenvalue weighted by Crippen LogP contribution is 2.21. The highest BCUT2D eigenvalue weighted by atomic mass is 32.2. The maximum atomic E-state index is 12.9. The molecule has 0 atom stereocenters. The van der Waals surface area contributed by atoms with Crippen LogP contribution in [0.2, 0.25) is 0 Å². The van der Waals surface area contributed by atoms with Gasteiger partial charge < -0.3 is 0 Å². The van der Waals surface area contributed by atoms with Gasteiger partial charge in [-0.1, -0.05) is 12.1 Å². The first-order valence-corrected chi connectivity index (χ1v) is 7.02. The number of benzene rings is 2. The standard InChI is InChI=1S/C14H9FNO2S/c15-12-5-7-13(8-6-12)19(17,18)16-10-9-11-3-1-2-4-14(11)16/h1-2,4-10H. The van der Waals surface area contributed by atoms with Crippen molar-refractivity contribution in [3.05, 3.63) is 66.6 Å². The second kappa shape index (κ2) is 4.20. The SMILES string of the molecule is O=S(=O)(c1ccc(F)cc1)n1ccc2[c]cccc21. The van der Waals surface area contributed by atoms with Gasteiger partial charge in [0.05, 0.1) is 10.4 Å². The Balaban J connectivity index is 2.22. The van der Waals surface area contributed by atoms with Gasteiger partial charge in [-0.25, -0.2) is 16.8 Å². The van der Waals surface area contributed by atoms with Crippen molar-refractivity contribution in [1.29, 1.82) is 0 Å². The minimum Gasteiger partial charge on any atom is -0.241 e. The third-order valence-corrected chi connectivity index (χ3v) is 4.55. The normalized spacial score (nSPS) is 11.8. The molecule has 1 aromatic heterocycles. The third kappa shape index (κ3) is 1.92. The van der Waals surface area contributed by atoms with Crippen LogP contribution < -0.4 is 0 Å². The molecule has 1 heterocycles. The lowest BCUT2D eigenvalue weighted by molar-refractivity contribution is 0.588. The van der Waals surface area contributed by atoms with Crippen LogP contribution in [0.15, 0.2) is 59.6 Å². The van der Waals surface area contributed by atoms with Gasteiger partial charge in [-0.2, -0.15) is 0 Å². The second-order valence-electron chi connectivity index (χ2n) is 4.04. The van der Waals surface area contributed by atoms with E-state index in [4.69, 9.17) is 0 Å². The summed E-state index contributed by atoms with van der Waals surface area (Å²) in [6.07, 6.45) is 1.47. The lowest BCUT2D eigenvalue weighted by atomic mass is 10.3. The Bertz CT molecular complexity index is 835. The quantitative estimate of drug-likeness (QED) is 0.721. The molecule has 0 N–H and O–H groups in total. The molecule has 0 aliphatic carbocycles. The van der Waals surface area contributed by atoms with Crippen molar-refractivity contribution < 1.29 is 12.8 Å². The molecule has 19 heavy (non-hydrogen) atoms. The molecule has 2 aromatic carbocycles. The molecule has 95 valence electrons. The van der Waals surface area contributed by atoms with Crippen LogP contribution in [0, 0.1) is 11.9 Å². The molecule has 3 rings (SSSR count). The molecule has 0 amide bonds. The van der Waals surface area contributed by atoms with Crippen molar-refractivity contribution in [3.8, 4) is 0 Å². The van der Waals surface area contributed by atoms with Gasteiger partial charge in [0, 0.05) is 11.6 Å². The third-order valence-electron chi connectivity index (χ3n) is 2.85. The van der Waals surface area contributed by atoms with Crippen molar-refractivity contribution in [3.63, 3.8) is 0 Å². The first kappa shape index (κ1) is 11.9. The van der Waals surface area contributed by atoms with Gasteiger partial charge in [-0.15, -0.1) is 0 Å². The first-order chi connectivity index (χ1) is 9.09. The van der Waals surface area contributed by atoms with Gasteiger partial charge in [0.2, 0.25) is 0 Å². The summed E-state index contributed by atoms with van der Waals surface area (Å²) in [4.78, 5) is 0.0512. The highest BCUT2D eigenvalue weighted by molar-refractivity contribution is 7.90. The maximum absolute atomic E-state index is 12.9. The summed E-state index contributed by atoms with van der Waals surface area (Å²) in [5.74, 6) is -0.468. The van der Waals surface area contributed by atoms with E-state index in [0.29, 0.717) is 10.9 Å². The maximum Gasteiger partial charge on any atom is 0.268 e. The van der Waals surface area contributed by atoms with E-state index in [9.17, 15) is 12.8 Å². The first-order valence-electron chi connectivity index (χ1n) is 5.58. The zero-order chi connectivity index (χ0) is 13.5. The Kier molecular flexibility index (Phi) is 2.64. The van der Waals surface area contributed by atoms with Gasteiger partial charge in [-0.3, -0.25) is 0 Å². The van der Waals surface area contributed by atoms with Gasteiger partial charge >= 0.3 is 0 Å². The molecule has 0 fully saturated rings. The lowest BCUT2D eigenvalue weighted by Crippen LogP contribution is -2.11. The molecule has 0 bridgehead atoms. The fraction of sp³-hybridized carbons (Fsp3) is 0. The van der Waals surface area contributed by atoms with E-state index in [0.717, 1.165) is 12.1 Å². The Hall–Kier alpha value is -2.14. The van der Waals surface area contributed by atoms with Crippen LogP contribution in [0.3, 0.4) is 0 Å². The van der Waals surface area contributed by atoms with E-state index in [1.807, 2.05) is 0 Å². The Morgan fingerprint density at radius 1 is 1.05 bits per heavy atom. The minimum absolute atomic E-state index is 0.0512. The Morgan fingerprint density at radius 3 is 2.53 bits per heavy atom. The number of nitrogens with zero attached hydrogens (tertiary/aromatic N) is 1. The van der Waals surface area contributed by atoms with E-state index < -0.39 is 15.8 Å². The minimum atomic E-state index is -3.71. The van der Waals surface area contributed by atoms with Crippen molar-refractivity contribution in [2.24, 2.45) is 0 Å². The van der Waals surface area contributed by atoms with Crippen molar-refractivity contribution in [2.45, 2.75) is 4.90 Å². The number of halogens is 1. The van der Waals surface area contributed by atoms with E-state index in [1.54, 1.807) is 24.3 Å². The van der Waals surface area contributed by atoms with Crippen LogP contribution in [0.5, 0.6) is 0 Å². The molecule has 0 saturated heterocycles. The van der Waals surface area contributed by atoms with E-state index in [2.05, 4.69) is 6.07 Å². The summed E-state index contributed by atoms with van der Waals surface area (Å²) in [5.41, 5.74) is 0.548. The summed E-state index contributed by atoms with van der Waals surface area (Å²) in [5, 5.41) is 0.716. The smallest absolute Gasteiger partial charge is 0.241 e. The fourth-order valence-electron chi connectivity index (χ4n) is 1.92. The molecule has 0 spiro atoms. The predicted molar refractivity (Wildman–Crippen MR) is 69.8 cm³/mol. The molecule has 0 unspecified atom stereocenters. The van der Waals surface area contributed by atoms with Crippen LogP contribution in [0.1, 0.15) is 0 Å². The van der Waals surface area contributed by atoms with Crippen LogP contribution in [-0.2, 0) is 10.0 Å². The topological polar surface area (TPSA) is 39.1 Å². The van der Waals surface area contributed by atoms with Gasteiger partial charge in [0.25, 0.3) is 10.0 Å². The Labute approximate surface area is 110 Å². The molecule has 5 heteroatoms. The lowest BCUT2D eigenvalue weighted by Gasteiger charge is -2.07. The summed E-state index contributed by atoms with van der Waals surface area (Å²) < 4.78 is 38.9. The number of hydrogen-bond donors (Lipinski definition) is 0. The number of rotatable bonds is 2. The van der Waals surface area contributed by atoms with Crippen molar-refractivity contribution >= 4 is 20.9 Å². The Morgan fingerprint density at radius 2 is 1.79 bits per heavy atom. The molecule has 1 radical (unpaired) electrons. The summed E-state index contributed by atoms with van der Waals surface area (Å²) in [6.45, 7) is 0. The molecule has 0 aliphatic heterocycles. The zero-order valence-electron chi connectivity index (χ0n) is 9.75. The van der Waals surface area contributed by atoms with Crippen LogP contribution in [0.4, 0.5) is 4.39 Å². The van der Waals surface area contributed by atoms with Crippen molar-refractivity contribution in [2.75, 3.05) is 0 Å². The fourth-order valence-corrected chi connectivity index (χ4v) is 3.27. The average molecular weight is 274 g/mol. The van der Waals surface area contributed by atoms with Crippen LogP contribution >= 0.6 is 0 Å². The monoisotopic (exact) mass is 274 g/mol. The van der Waals surface area contributed by atoms with E-state index in [1.165, 1.54) is 22.3 Å². The summed E-state index contributed by atoms with van der Waals surface area (Å²) in [6, 6.07) is 14.5. The number of fused-ring (bicyclic) bond motifs is 1. The number of aromatic nitrogens is 1. The van der Waals surface area contributed by atoms with Crippen LogP contribution in [0.25, 0.3) is 10.9 Å². The van der Waals surface area contributed by atoms with E-state index in [-0.39, 0.29) is 4.90 Å². The predicted octanol–water partition coefficient (Wildman–Crippen LogP) is 2.82. The molecular weight excluding hydrogens is 265 g/mol. The second-order valence-corrected chi connectivity index (χ2v) is 5.85. The van der Waals surface area contributed by atoms with Gasteiger partial charge in [0.1, 0.15) is 5.82 Å². The summed E-state index contributed by atoms with van der Waals surface area (Å²) >= 11 is 0. The van der Waals surface area contributed by atoms with Gasteiger partial charge in [-0.05, 0) is 42.5 Å². The molecular formula is C14H9FNO2S. The van der Waals surface area contributed by atoms with E-state index >= 15 is 0 Å². The summed E-state index contributed by atoms with van der Waals surface area (Å²) in [7, 11) is -3.71. The van der Waals surface area contributed by atoms with Crippen molar-refractivity contribution in [1.82, 2.24) is 3.97 Å². The number of hydrogen-bond acceptors (Lipinski definition) is 2. The van der Waals surface area contributed by atoms with Crippen LogP contribution in [-0.4, -0.2) is 12.4 Å².